The molecular weight excluding hydrogens is 354 g/mol. The molecule has 0 unspecified atom stereocenters. The number of carbonyl (C=O) groups is 1. The second-order valence-corrected chi connectivity index (χ2v) is 5.46. The van der Waals surface area contributed by atoms with Gasteiger partial charge in [-0.2, -0.15) is 13.2 Å². The van der Waals surface area contributed by atoms with Gasteiger partial charge in [0.2, 0.25) is 0 Å². The molecule has 1 amide bonds. The van der Waals surface area contributed by atoms with Crippen LogP contribution in [-0.4, -0.2) is 29.7 Å². The van der Waals surface area contributed by atoms with Crippen molar-refractivity contribution in [3.63, 3.8) is 0 Å². The summed E-state index contributed by atoms with van der Waals surface area (Å²) in [6.45, 7) is 0.377. The normalized spacial score (nSPS) is 11.5. The van der Waals surface area contributed by atoms with Crippen molar-refractivity contribution in [3.05, 3.63) is 35.1 Å². The lowest BCUT2D eigenvalue weighted by atomic mass is 10.1. The van der Waals surface area contributed by atoms with Crippen molar-refractivity contribution in [1.82, 2.24) is 4.90 Å². The van der Waals surface area contributed by atoms with Crippen LogP contribution < -0.4 is 0 Å². The van der Waals surface area contributed by atoms with Gasteiger partial charge in [-0.05, 0) is 31.0 Å². The number of rotatable bonds is 6. The first-order chi connectivity index (χ1) is 9.77. The number of hydrogen-bond donors (Lipinski definition) is 0. The first-order valence-corrected chi connectivity index (χ1v) is 7.57. The van der Waals surface area contributed by atoms with E-state index in [1.165, 1.54) is 11.9 Å². The average Bonchev–Trinajstić information content (AvgIpc) is 2.42. The van der Waals surface area contributed by atoms with Crippen molar-refractivity contribution < 1.29 is 22.4 Å². The molecule has 0 spiro atoms. The van der Waals surface area contributed by atoms with Crippen molar-refractivity contribution in [3.8, 4) is 0 Å². The van der Waals surface area contributed by atoms with Gasteiger partial charge in [-0.1, -0.05) is 22.4 Å². The molecule has 0 bridgehead atoms. The number of nitrogens with zero attached hydrogens (tertiary/aromatic N) is 1. The Labute approximate surface area is 129 Å². The Morgan fingerprint density at radius 3 is 2.48 bits per heavy atom. The van der Waals surface area contributed by atoms with Gasteiger partial charge in [0.05, 0.1) is 11.1 Å². The number of hydrogen-bond acceptors (Lipinski definition) is 1. The molecule has 0 atom stereocenters. The van der Waals surface area contributed by atoms with Crippen LogP contribution in [-0.2, 0) is 6.18 Å². The third-order valence-corrected chi connectivity index (χ3v) is 3.56. The molecule has 21 heavy (non-hydrogen) atoms. The number of carbonyl (C=O) groups excluding carboxylic acids is 1. The number of benzene rings is 1. The molecule has 1 rings (SSSR count). The highest BCUT2D eigenvalue weighted by Gasteiger charge is 2.32. The van der Waals surface area contributed by atoms with Crippen LogP contribution in [0.15, 0.2) is 18.2 Å². The minimum Gasteiger partial charge on any atom is -0.342 e. The minimum atomic E-state index is -4.60. The molecule has 0 saturated heterocycles. The van der Waals surface area contributed by atoms with E-state index in [9.17, 15) is 22.4 Å². The third kappa shape index (κ3) is 5.30. The zero-order valence-electron chi connectivity index (χ0n) is 11.5. The van der Waals surface area contributed by atoms with Crippen LogP contribution in [0.1, 0.15) is 35.2 Å². The third-order valence-electron chi connectivity index (χ3n) is 3.00. The molecule has 1 aromatic rings. The molecule has 0 aliphatic heterocycles. The quantitative estimate of drug-likeness (QED) is 0.411. The summed E-state index contributed by atoms with van der Waals surface area (Å²) in [5, 5.41) is 0.854. The zero-order valence-corrected chi connectivity index (χ0v) is 13.1. The Hall–Kier alpha value is -1.11. The second-order valence-electron chi connectivity index (χ2n) is 4.67. The van der Waals surface area contributed by atoms with Crippen LogP contribution >= 0.6 is 15.9 Å². The van der Waals surface area contributed by atoms with Gasteiger partial charge in [0.15, 0.2) is 0 Å². The predicted octanol–water partition coefficient (Wildman–Crippen LogP) is 4.48. The predicted molar refractivity (Wildman–Crippen MR) is 76.0 cm³/mol. The van der Waals surface area contributed by atoms with E-state index in [1.54, 1.807) is 0 Å². The number of alkyl halides is 4. The summed E-state index contributed by atoms with van der Waals surface area (Å²) in [5.41, 5.74) is -1.58. The number of amides is 1. The number of unbranched alkanes of at least 4 members (excludes halogenated alkanes) is 2. The fraction of sp³-hybridized carbons (Fsp3) is 0.500. The monoisotopic (exact) mass is 369 g/mol. The number of halogens is 5. The highest BCUT2D eigenvalue weighted by molar-refractivity contribution is 9.09. The zero-order chi connectivity index (χ0) is 16.0. The van der Waals surface area contributed by atoms with E-state index in [-0.39, 0.29) is 0 Å². The maximum absolute atomic E-state index is 13.6. The molecule has 7 heteroatoms. The summed E-state index contributed by atoms with van der Waals surface area (Å²) >= 11 is 3.28. The lowest BCUT2D eigenvalue weighted by molar-refractivity contribution is -0.137. The van der Waals surface area contributed by atoms with Crippen LogP contribution in [0.2, 0.25) is 0 Å². The summed E-state index contributed by atoms with van der Waals surface area (Å²) in [5.74, 6) is -1.68. The van der Waals surface area contributed by atoms with Gasteiger partial charge >= 0.3 is 6.18 Å². The van der Waals surface area contributed by atoms with E-state index in [4.69, 9.17) is 0 Å². The molecule has 0 aromatic heterocycles. The summed E-state index contributed by atoms with van der Waals surface area (Å²) < 4.78 is 51.4. The van der Waals surface area contributed by atoms with Crippen molar-refractivity contribution in [2.45, 2.75) is 25.4 Å². The molecule has 0 aliphatic carbocycles. The summed E-state index contributed by atoms with van der Waals surface area (Å²) in [6, 6.07) is 1.86. The van der Waals surface area contributed by atoms with E-state index in [2.05, 4.69) is 15.9 Å². The Morgan fingerprint density at radius 1 is 1.24 bits per heavy atom. The van der Waals surface area contributed by atoms with E-state index in [1.807, 2.05) is 0 Å². The van der Waals surface area contributed by atoms with Crippen molar-refractivity contribution in [2.24, 2.45) is 0 Å². The van der Waals surface area contributed by atoms with E-state index in [0.717, 1.165) is 18.2 Å². The van der Waals surface area contributed by atoms with Crippen LogP contribution in [0.3, 0.4) is 0 Å². The fourth-order valence-electron chi connectivity index (χ4n) is 1.79. The van der Waals surface area contributed by atoms with Crippen LogP contribution in [0.4, 0.5) is 17.6 Å². The van der Waals surface area contributed by atoms with Crippen molar-refractivity contribution >= 4 is 21.8 Å². The maximum atomic E-state index is 13.6. The van der Waals surface area contributed by atoms with E-state index < -0.39 is 29.0 Å². The van der Waals surface area contributed by atoms with Crippen molar-refractivity contribution in [1.29, 1.82) is 0 Å². The smallest absolute Gasteiger partial charge is 0.342 e. The van der Waals surface area contributed by atoms with Gasteiger partial charge in [0.1, 0.15) is 5.82 Å². The Morgan fingerprint density at radius 2 is 1.90 bits per heavy atom. The highest BCUT2D eigenvalue weighted by Crippen LogP contribution is 2.30. The molecule has 0 heterocycles. The molecule has 0 aliphatic rings. The standard InChI is InChI=1S/C14H16BrF4NO/c1-20(8-4-2-3-7-15)13(21)11-9-10(14(17,18)19)5-6-12(11)16/h5-6,9H,2-4,7-8H2,1H3. The lowest BCUT2D eigenvalue weighted by Gasteiger charge is -2.18. The summed E-state index contributed by atoms with van der Waals surface area (Å²) in [6.07, 6.45) is -2.06. The average molecular weight is 370 g/mol. The van der Waals surface area contributed by atoms with Gasteiger partial charge in [-0.3, -0.25) is 4.79 Å². The van der Waals surface area contributed by atoms with Gasteiger partial charge < -0.3 is 4.90 Å². The van der Waals surface area contributed by atoms with E-state index >= 15 is 0 Å². The summed E-state index contributed by atoms with van der Waals surface area (Å²) in [7, 11) is 1.45. The first-order valence-electron chi connectivity index (χ1n) is 6.45. The van der Waals surface area contributed by atoms with Crippen LogP contribution in [0.25, 0.3) is 0 Å². The van der Waals surface area contributed by atoms with Crippen LogP contribution in [0.5, 0.6) is 0 Å². The second kappa shape index (κ2) is 7.77. The lowest BCUT2D eigenvalue weighted by Crippen LogP contribution is -2.29. The molecule has 0 saturated carbocycles. The van der Waals surface area contributed by atoms with E-state index in [0.29, 0.717) is 31.2 Å². The topological polar surface area (TPSA) is 20.3 Å². The minimum absolute atomic E-state index is 0.377. The maximum Gasteiger partial charge on any atom is 0.416 e. The highest BCUT2D eigenvalue weighted by atomic mass is 79.9. The molecule has 0 N–H and O–H groups in total. The molecule has 2 nitrogen and oxygen atoms in total. The largest absolute Gasteiger partial charge is 0.416 e. The Kier molecular flexibility index (Phi) is 6.64. The SMILES string of the molecule is CN(CCCCCBr)C(=O)c1cc(C(F)(F)F)ccc1F. The Balaban J connectivity index is 2.81. The fourth-order valence-corrected chi connectivity index (χ4v) is 2.19. The van der Waals surface area contributed by atoms with Gasteiger partial charge in [0.25, 0.3) is 5.91 Å². The summed E-state index contributed by atoms with van der Waals surface area (Å²) in [4.78, 5) is 13.3. The molecular formula is C14H16BrF4NO. The Bertz CT molecular complexity index is 490. The van der Waals surface area contributed by atoms with Gasteiger partial charge in [0, 0.05) is 18.9 Å². The molecule has 118 valence electrons. The van der Waals surface area contributed by atoms with Crippen molar-refractivity contribution in [2.75, 3.05) is 18.9 Å². The molecule has 1 aromatic carbocycles. The molecule has 0 fully saturated rings. The van der Waals surface area contributed by atoms with Crippen LogP contribution in [0, 0.1) is 5.82 Å². The van der Waals surface area contributed by atoms with Gasteiger partial charge in [-0.25, -0.2) is 4.39 Å². The first kappa shape index (κ1) is 17.9. The molecule has 0 radical (unpaired) electrons. The van der Waals surface area contributed by atoms with Gasteiger partial charge in [-0.15, -0.1) is 0 Å².